The van der Waals surface area contributed by atoms with Gasteiger partial charge in [0.2, 0.25) is 5.88 Å². The highest BCUT2D eigenvalue weighted by molar-refractivity contribution is 5.48. The van der Waals surface area contributed by atoms with Crippen LogP contribution in [-0.4, -0.2) is 30.5 Å². The summed E-state index contributed by atoms with van der Waals surface area (Å²) in [6.45, 7) is 2.63. The normalized spacial score (nSPS) is 10.5. The molecule has 0 aliphatic rings. The van der Waals surface area contributed by atoms with Gasteiger partial charge in [-0.05, 0) is 55.5 Å². The predicted octanol–water partition coefficient (Wildman–Crippen LogP) is 4.13. The van der Waals surface area contributed by atoms with Crippen molar-refractivity contribution in [2.24, 2.45) is 0 Å². The number of rotatable bonds is 6. The van der Waals surface area contributed by atoms with Crippen molar-refractivity contribution in [2.45, 2.75) is 6.92 Å². The van der Waals surface area contributed by atoms with Crippen LogP contribution in [0.25, 0.3) is 5.69 Å². The van der Waals surface area contributed by atoms with Crippen molar-refractivity contribution in [3.05, 3.63) is 60.8 Å². The highest BCUT2D eigenvalue weighted by atomic mass is 16.5. The molecule has 3 aromatic rings. The summed E-state index contributed by atoms with van der Waals surface area (Å²) in [6, 6.07) is 17.5. The molecule has 5 heteroatoms. The molecule has 124 valence electrons. The van der Waals surface area contributed by atoms with E-state index < -0.39 is 0 Å². The SMILES string of the molecule is CCOc1ccc(-n2ccc(Oc3ccc(N(C)C)cc3)n2)cc1. The molecule has 0 aliphatic heterocycles. The van der Waals surface area contributed by atoms with Crippen molar-refractivity contribution in [1.29, 1.82) is 0 Å². The van der Waals surface area contributed by atoms with Crippen LogP contribution in [0.15, 0.2) is 60.8 Å². The molecule has 24 heavy (non-hydrogen) atoms. The topological polar surface area (TPSA) is 39.5 Å². The summed E-state index contributed by atoms with van der Waals surface area (Å²) in [4.78, 5) is 2.05. The first-order valence-electron chi connectivity index (χ1n) is 7.90. The van der Waals surface area contributed by atoms with Gasteiger partial charge in [-0.25, -0.2) is 4.68 Å². The first kappa shape index (κ1) is 15.9. The minimum atomic E-state index is 0.557. The van der Waals surface area contributed by atoms with Crippen LogP contribution >= 0.6 is 0 Å². The Morgan fingerprint density at radius 1 is 0.917 bits per heavy atom. The van der Waals surface area contributed by atoms with E-state index in [0.717, 1.165) is 22.9 Å². The molecular formula is C19H21N3O2. The standard InChI is InChI=1S/C19H21N3O2/c1-4-23-17-9-7-16(8-10-17)22-14-13-19(20-22)24-18-11-5-15(6-12-18)21(2)3/h5-14H,4H2,1-3H3. The molecule has 0 N–H and O–H groups in total. The summed E-state index contributed by atoms with van der Waals surface area (Å²) in [5.74, 6) is 2.17. The average Bonchev–Trinajstić information content (AvgIpc) is 3.05. The third kappa shape index (κ3) is 3.68. The van der Waals surface area contributed by atoms with Gasteiger partial charge in [-0.2, -0.15) is 0 Å². The average molecular weight is 323 g/mol. The van der Waals surface area contributed by atoms with Gasteiger partial charge in [-0.15, -0.1) is 5.10 Å². The number of aromatic nitrogens is 2. The second-order valence-corrected chi connectivity index (χ2v) is 5.52. The Bertz CT molecular complexity index is 777. The van der Waals surface area contributed by atoms with Gasteiger partial charge in [0.1, 0.15) is 11.5 Å². The molecule has 0 fully saturated rings. The van der Waals surface area contributed by atoms with Crippen LogP contribution in [0.5, 0.6) is 17.4 Å². The van der Waals surface area contributed by atoms with Gasteiger partial charge in [0.25, 0.3) is 0 Å². The molecule has 0 saturated carbocycles. The van der Waals surface area contributed by atoms with Crippen LogP contribution < -0.4 is 14.4 Å². The number of benzene rings is 2. The van der Waals surface area contributed by atoms with Gasteiger partial charge in [0, 0.05) is 32.0 Å². The van der Waals surface area contributed by atoms with Crippen LogP contribution in [0.3, 0.4) is 0 Å². The highest BCUT2D eigenvalue weighted by Gasteiger charge is 2.05. The molecule has 0 spiro atoms. The molecule has 0 bridgehead atoms. The lowest BCUT2D eigenvalue weighted by Crippen LogP contribution is -2.07. The molecule has 0 saturated heterocycles. The Hall–Kier alpha value is -2.95. The van der Waals surface area contributed by atoms with Gasteiger partial charge >= 0.3 is 0 Å². The van der Waals surface area contributed by atoms with E-state index in [9.17, 15) is 0 Å². The number of anilines is 1. The van der Waals surface area contributed by atoms with E-state index in [-0.39, 0.29) is 0 Å². The minimum Gasteiger partial charge on any atom is -0.494 e. The summed E-state index contributed by atoms with van der Waals surface area (Å²) in [6.07, 6.45) is 1.87. The maximum Gasteiger partial charge on any atom is 0.238 e. The summed E-state index contributed by atoms with van der Waals surface area (Å²) < 4.78 is 13.0. The number of nitrogens with zero attached hydrogens (tertiary/aromatic N) is 3. The molecule has 5 nitrogen and oxygen atoms in total. The monoisotopic (exact) mass is 323 g/mol. The molecule has 0 radical (unpaired) electrons. The largest absolute Gasteiger partial charge is 0.494 e. The van der Waals surface area contributed by atoms with Crippen LogP contribution in [0.4, 0.5) is 5.69 Å². The van der Waals surface area contributed by atoms with E-state index >= 15 is 0 Å². The van der Waals surface area contributed by atoms with Gasteiger partial charge in [-0.3, -0.25) is 0 Å². The van der Waals surface area contributed by atoms with Gasteiger partial charge in [0.15, 0.2) is 0 Å². The van der Waals surface area contributed by atoms with Crippen LogP contribution in [0.1, 0.15) is 6.92 Å². The van der Waals surface area contributed by atoms with Crippen LogP contribution in [0, 0.1) is 0 Å². The van der Waals surface area contributed by atoms with Gasteiger partial charge in [0.05, 0.1) is 12.3 Å². The van der Waals surface area contributed by atoms with Crippen LogP contribution in [-0.2, 0) is 0 Å². The molecule has 0 atom stereocenters. The summed E-state index contributed by atoms with van der Waals surface area (Å²) in [7, 11) is 4.02. The number of hydrogen-bond acceptors (Lipinski definition) is 4. The quantitative estimate of drug-likeness (QED) is 0.684. The van der Waals surface area contributed by atoms with E-state index in [1.54, 1.807) is 4.68 Å². The van der Waals surface area contributed by atoms with E-state index in [2.05, 4.69) is 5.10 Å². The fourth-order valence-corrected chi connectivity index (χ4v) is 2.30. The van der Waals surface area contributed by atoms with Crippen LogP contribution in [0.2, 0.25) is 0 Å². The lowest BCUT2D eigenvalue weighted by Gasteiger charge is -2.12. The van der Waals surface area contributed by atoms with E-state index in [1.807, 2.05) is 86.7 Å². The number of ether oxygens (including phenoxy) is 2. The number of hydrogen-bond donors (Lipinski definition) is 0. The second-order valence-electron chi connectivity index (χ2n) is 5.52. The third-order valence-corrected chi connectivity index (χ3v) is 3.55. The zero-order valence-electron chi connectivity index (χ0n) is 14.1. The fraction of sp³-hybridized carbons (Fsp3) is 0.211. The van der Waals surface area contributed by atoms with E-state index in [4.69, 9.17) is 9.47 Å². The maximum absolute atomic E-state index is 5.80. The van der Waals surface area contributed by atoms with Crippen molar-refractivity contribution in [3.63, 3.8) is 0 Å². The summed E-state index contributed by atoms with van der Waals surface area (Å²) >= 11 is 0. The molecule has 0 amide bonds. The van der Waals surface area contributed by atoms with Crippen molar-refractivity contribution in [3.8, 4) is 23.1 Å². The smallest absolute Gasteiger partial charge is 0.238 e. The Labute approximate surface area is 142 Å². The molecule has 1 aromatic heterocycles. The Morgan fingerprint density at radius 2 is 1.58 bits per heavy atom. The van der Waals surface area contributed by atoms with Crippen molar-refractivity contribution in [1.82, 2.24) is 9.78 Å². The lowest BCUT2D eigenvalue weighted by atomic mass is 10.3. The van der Waals surface area contributed by atoms with Crippen molar-refractivity contribution < 1.29 is 9.47 Å². The predicted molar refractivity (Wildman–Crippen MR) is 95.6 cm³/mol. The van der Waals surface area contributed by atoms with Gasteiger partial charge < -0.3 is 14.4 Å². The van der Waals surface area contributed by atoms with E-state index in [1.165, 1.54) is 0 Å². The molecule has 0 aliphatic carbocycles. The molecule has 1 heterocycles. The summed E-state index contributed by atoms with van der Waals surface area (Å²) in [5, 5.41) is 4.45. The fourth-order valence-electron chi connectivity index (χ4n) is 2.30. The molecular weight excluding hydrogens is 302 g/mol. The van der Waals surface area contributed by atoms with Crippen molar-refractivity contribution in [2.75, 3.05) is 25.6 Å². The maximum atomic E-state index is 5.80. The van der Waals surface area contributed by atoms with Gasteiger partial charge in [-0.1, -0.05) is 0 Å². The highest BCUT2D eigenvalue weighted by Crippen LogP contribution is 2.23. The minimum absolute atomic E-state index is 0.557. The summed E-state index contributed by atoms with van der Waals surface area (Å²) in [5.41, 5.74) is 2.08. The zero-order chi connectivity index (χ0) is 16.9. The zero-order valence-corrected chi connectivity index (χ0v) is 14.1. The Balaban J connectivity index is 1.70. The molecule has 0 unspecified atom stereocenters. The first-order valence-corrected chi connectivity index (χ1v) is 7.90. The van der Waals surface area contributed by atoms with E-state index in [0.29, 0.717) is 12.5 Å². The first-order chi connectivity index (χ1) is 11.7. The Morgan fingerprint density at radius 3 is 2.21 bits per heavy atom. The lowest BCUT2D eigenvalue weighted by molar-refractivity contribution is 0.340. The second kappa shape index (κ2) is 7.08. The Kier molecular flexibility index (Phi) is 4.70. The molecule has 3 rings (SSSR count). The molecule has 2 aromatic carbocycles. The van der Waals surface area contributed by atoms with Crippen molar-refractivity contribution >= 4 is 5.69 Å². The third-order valence-electron chi connectivity index (χ3n) is 3.55.